The number of amides is 2. The molecule has 27 heavy (non-hydrogen) atoms. The minimum Gasteiger partial charge on any atom is -0.272 e. The van der Waals surface area contributed by atoms with Crippen LogP contribution < -0.4 is 10.9 Å². The van der Waals surface area contributed by atoms with Gasteiger partial charge >= 0.3 is 0 Å². The molecule has 0 aromatic heterocycles. The third-order valence-corrected chi connectivity index (χ3v) is 8.47. The summed E-state index contributed by atoms with van der Waals surface area (Å²) >= 11 is 17.1. The lowest BCUT2D eigenvalue weighted by atomic mass is 10.1. The van der Waals surface area contributed by atoms with Crippen LogP contribution in [0.15, 0.2) is 47.4 Å². The van der Waals surface area contributed by atoms with E-state index in [2.05, 4.69) is 10.9 Å². The van der Waals surface area contributed by atoms with Crippen molar-refractivity contribution in [1.29, 1.82) is 0 Å². The van der Waals surface area contributed by atoms with Crippen LogP contribution in [-0.2, 0) is 4.79 Å². The van der Waals surface area contributed by atoms with Gasteiger partial charge in [-0.15, -0.1) is 35.3 Å². The molecule has 0 atom stereocenters. The van der Waals surface area contributed by atoms with Crippen LogP contribution in [0.5, 0.6) is 0 Å². The van der Waals surface area contributed by atoms with Gasteiger partial charge in [-0.1, -0.05) is 35.3 Å². The Morgan fingerprint density at radius 1 is 1.04 bits per heavy atom. The summed E-state index contributed by atoms with van der Waals surface area (Å²) < 4.78 is 0.442. The summed E-state index contributed by atoms with van der Waals surface area (Å²) in [7, 11) is 0. The molecule has 1 aliphatic heterocycles. The Labute approximate surface area is 180 Å². The van der Waals surface area contributed by atoms with Gasteiger partial charge in [0.2, 0.25) is 5.91 Å². The molecule has 1 saturated heterocycles. The van der Waals surface area contributed by atoms with Crippen molar-refractivity contribution in [3.05, 3.63) is 63.6 Å². The van der Waals surface area contributed by atoms with Gasteiger partial charge in [0.05, 0.1) is 15.4 Å². The molecular formula is C18H16Cl2N2O2S3. The number of hydrogen-bond acceptors (Lipinski definition) is 5. The summed E-state index contributed by atoms with van der Waals surface area (Å²) in [5.74, 6) is 1.73. The predicted octanol–water partition coefficient (Wildman–Crippen LogP) is 5.03. The molecule has 0 aliphatic carbocycles. The summed E-state index contributed by atoms with van der Waals surface area (Å²) in [4.78, 5) is 24.8. The van der Waals surface area contributed by atoms with Crippen molar-refractivity contribution in [1.82, 2.24) is 10.9 Å². The van der Waals surface area contributed by atoms with E-state index in [4.69, 9.17) is 23.2 Å². The van der Waals surface area contributed by atoms with Gasteiger partial charge in [-0.05, 0) is 35.9 Å². The lowest BCUT2D eigenvalue weighted by molar-refractivity contribution is -0.119. The van der Waals surface area contributed by atoms with E-state index in [1.807, 2.05) is 35.7 Å². The molecule has 0 radical (unpaired) electrons. The molecule has 1 heterocycles. The Morgan fingerprint density at radius 3 is 2.44 bits per heavy atom. The fraction of sp³-hybridized carbons (Fsp3) is 0.222. The molecule has 2 N–H and O–H groups in total. The van der Waals surface area contributed by atoms with E-state index < -0.39 is 0 Å². The average molecular weight is 459 g/mol. The number of hydrazine groups is 1. The number of carbonyl (C=O) groups is 2. The van der Waals surface area contributed by atoms with Crippen molar-refractivity contribution >= 4 is 70.3 Å². The third kappa shape index (κ3) is 5.99. The average Bonchev–Trinajstić information content (AvgIpc) is 3.21. The highest BCUT2D eigenvalue weighted by molar-refractivity contribution is 8.19. The molecule has 0 saturated carbocycles. The second kappa shape index (κ2) is 9.98. The SMILES string of the molecule is O=C(CSc1cc(Cl)ccc1Cl)NNC(=O)c1ccc(C2SCCS2)cc1. The van der Waals surface area contributed by atoms with Crippen molar-refractivity contribution < 1.29 is 9.59 Å². The molecule has 2 aromatic carbocycles. The van der Waals surface area contributed by atoms with E-state index in [1.165, 1.54) is 17.3 Å². The highest BCUT2D eigenvalue weighted by Crippen LogP contribution is 2.45. The predicted molar refractivity (Wildman–Crippen MR) is 117 cm³/mol. The van der Waals surface area contributed by atoms with Gasteiger partial charge < -0.3 is 0 Å². The maximum atomic E-state index is 12.2. The first-order valence-corrected chi connectivity index (χ1v) is 11.9. The van der Waals surface area contributed by atoms with E-state index in [0.717, 1.165) is 11.5 Å². The lowest BCUT2D eigenvalue weighted by Gasteiger charge is -2.10. The van der Waals surface area contributed by atoms with E-state index >= 15 is 0 Å². The van der Waals surface area contributed by atoms with Gasteiger partial charge in [0, 0.05) is 27.0 Å². The first kappa shape index (κ1) is 20.7. The van der Waals surface area contributed by atoms with Crippen LogP contribution in [0.3, 0.4) is 0 Å². The van der Waals surface area contributed by atoms with Gasteiger partial charge in [-0.3, -0.25) is 20.4 Å². The van der Waals surface area contributed by atoms with Gasteiger partial charge in [0.1, 0.15) is 0 Å². The summed E-state index contributed by atoms with van der Waals surface area (Å²) in [6.45, 7) is 0. The zero-order chi connectivity index (χ0) is 19.2. The summed E-state index contributed by atoms with van der Waals surface area (Å²) in [5, 5.41) is 1.08. The molecule has 2 amide bonds. The van der Waals surface area contributed by atoms with Crippen LogP contribution >= 0.6 is 58.5 Å². The minimum atomic E-state index is -0.354. The van der Waals surface area contributed by atoms with Crippen molar-refractivity contribution in [3.8, 4) is 0 Å². The molecule has 0 unspecified atom stereocenters. The Hall–Kier alpha value is -0.990. The van der Waals surface area contributed by atoms with Crippen LogP contribution in [0.25, 0.3) is 0 Å². The molecule has 9 heteroatoms. The van der Waals surface area contributed by atoms with E-state index in [1.54, 1.807) is 30.3 Å². The molecular weight excluding hydrogens is 443 g/mol. The number of thioether (sulfide) groups is 3. The molecule has 1 fully saturated rings. The van der Waals surface area contributed by atoms with E-state index in [0.29, 0.717) is 25.1 Å². The first-order valence-electron chi connectivity index (χ1n) is 8.03. The Morgan fingerprint density at radius 2 is 1.74 bits per heavy atom. The van der Waals surface area contributed by atoms with Crippen LogP contribution in [-0.4, -0.2) is 29.1 Å². The Bertz CT molecular complexity index is 828. The number of halogens is 2. The third-order valence-electron chi connectivity index (χ3n) is 3.63. The highest BCUT2D eigenvalue weighted by Gasteiger charge is 2.18. The summed E-state index contributed by atoms with van der Waals surface area (Å²) in [5.41, 5.74) is 6.54. The van der Waals surface area contributed by atoms with Gasteiger partial charge in [0.15, 0.2) is 0 Å². The Balaban J connectivity index is 1.46. The summed E-state index contributed by atoms with van der Waals surface area (Å²) in [6.07, 6.45) is 0. The maximum Gasteiger partial charge on any atom is 0.269 e. The van der Waals surface area contributed by atoms with Crippen molar-refractivity contribution in [3.63, 3.8) is 0 Å². The maximum absolute atomic E-state index is 12.2. The minimum absolute atomic E-state index is 0.107. The Kier molecular flexibility index (Phi) is 7.66. The lowest BCUT2D eigenvalue weighted by Crippen LogP contribution is -2.42. The normalized spacial score (nSPS) is 14.1. The van der Waals surface area contributed by atoms with Gasteiger partial charge in [0.25, 0.3) is 5.91 Å². The second-order valence-electron chi connectivity index (χ2n) is 5.56. The second-order valence-corrected chi connectivity index (χ2v) is 10.1. The zero-order valence-corrected chi connectivity index (χ0v) is 18.0. The monoisotopic (exact) mass is 458 g/mol. The van der Waals surface area contributed by atoms with Gasteiger partial charge in [-0.2, -0.15) is 0 Å². The first-order chi connectivity index (χ1) is 13.0. The molecule has 0 bridgehead atoms. The molecule has 0 spiro atoms. The summed E-state index contributed by atoms with van der Waals surface area (Å²) in [6, 6.07) is 12.5. The van der Waals surface area contributed by atoms with Crippen LogP contribution in [0, 0.1) is 0 Å². The van der Waals surface area contributed by atoms with Crippen molar-refractivity contribution in [2.75, 3.05) is 17.3 Å². The molecule has 142 valence electrons. The zero-order valence-electron chi connectivity index (χ0n) is 14.0. The number of hydrogen-bond donors (Lipinski definition) is 2. The van der Waals surface area contributed by atoms with Crippen molar-refractivity contribution in [2.24, 2.45) is 0 Å². The fourth-order valence-electron chi connectivity index (χ4n) is 2.31. The van der Waals surface area contributed by atoms with Crippen LogP contribution in [0.2, 0.25) is 10.0 Å². The number of carbonyl (C=O) groups excluding carboxylic acids is 2. The molecule has 3 rings (SSSR count). The standard InChI is InChI=1S/C18H16Cl2N2O2S3/c19-13-5-6-14(20)15(9-13)27-10-16(23)21-22-17(24)11-1-3-12(4-2-11)18-25-7-8-26-18/h1-6,9,18H,7-8,10H2,(H,21,23)(H,22,24). The smallest absolute Gasteiger partial charge is 0.269 e. The van der Waals surface area contributed by atoms with E-state index in [9.17, 15) is 9.59 Å². The number of rotatable bonds is 5. The van der Waals surface area contributed by atoms with Crippen LogP contribution in [0.1, 0.15) is 20.5 Å². The fourth-order valence-corrected chi connectivity index (χ4v) is 6.46. The molecule has 2 aromatic rings. The molecule has 4 nitrogen and oxygen atoms in total. The number of benzene rings is 2. The van der Waals surface area contributed by atoms with E-state index in [-0.39, 0.29) is 17.6 Å². The highest BCUT2D eigenvalue weighted by atomic mass is 35.5. The topological polar surface area (TPSA) is 58.2 Å². The number of nitrogens with one attached hydrogen (secondary N) is 2. The quantitative estimate of drug-likeness (QED) is 0.486. The van der Waals surface area contributed by atoms with Crippen molar-refractivity contribution in [2.45, 2.75) is 9.48 Å². The molecule has 1 aliphatic rings. The van der Waals surface area contributed by atoms with Crippen LogP contribution in [0.4, 0.5) is 0 Å². The van der Waals surface area contributed by atoms with Gasteiger partial charge in [-0.25, -0.2) is 0 Å². The largest absolute Gasteiger partial charge is 0.272 e.